The lowest BCUT2D eigenvalue weighted by molar-refractivity contribution is -0.136. The third-order valence-corrected chi connectivity index (χ3v) is 5.99. The highest BCUT2D eigenvalue weighted by atomic mass is 16.7. The fourth-order valence-corrected chi connectivity index (χ4v) is 4.22. The Hall–Kier alpha value is -4.17. The minimum atomic E-state index is -2.09. The summed E-state index contributed by atoms with van der Waals surface area (Å²) in [5.41, 5.74) is 0.541. The molecule has 8 nitrogen and oxygen atoms in total. The quantitative estimate of drug-likeness (QED) is 0.550. The number of carbonyl (C=O) groups excluding carboxylic acids is 3. The monoisotopic (exact) mass is 458 g/mol. The number of rotatable bonds is 6. The second-order valence-electron chi connectivity index (χ2n) is 8.35. The average Bonchev–Trinajstić information content (AvgIpc) is 3.38. The van der Waals surface area contributed by atoms with Crippen molar-refractivity contribution in [3.05, 3.63) is 83.4 Å². The third-order valence-electron chi connectivity index (χ3n) is 5.99. The number of para-hydroxylation sites is 1. The lowest BCUT2D eigenvalue weighted by atomic mass is 9.88. The molecule has 0 radical (unpaired) electrons. The van der Waals surface area contributed by atoms with Crippen LogP contribution in [0.25, 0.3) is 0 Å². The molecule has 5 rings (SSSR count). The Kier molecular flexibility index (Phi) is 5.30. The minimum Gasteiger partial charge on any atom is -0.454 e. The molecule has 2 N–H and O–H groups in total. The number of hydrogen-bond donors (Lipinski definition) is 2. The Labute approximate surface area is 195 Å². The van der Waals surface area contributed by atoms with E-state index >= 15 is 0 Å². The van der Waals surface area contributed by atoms with Crippen molar-refractivity contribution in [2.24, 2.45) is 0 Å². The summed E-state index contributed by atoms with van der Waals surface area (Å²) >= 11 is 0. The van der Waals surface area contributed by atoms with Crippen molar-refractivity contribution < 1.29 is 29.0 Å². The van der Waals surface area contributed by atoms with Gasteiger partial charge in [-0.05, 0) is 43.3 Å². The van der Waals surface area contributed by atoms with Crippen molar-refractivity contribution >= 4 is 29.0 Å². The lowest BCUT2D eigenvalue weighted by Gasteiger charge is -2.22. The molecule has 0 saturated carbocycles. The SMILES string of the molecule is Cc1ccc(NC(=O)CN2C(=O)C(O)(CC(=O)c3ccc4c(c3)OCO4)c3ccccc32)cc1. The number of nitrogens with one attached hydrogen (secondary N) is 1. The highest BCUT2D eigenvalue weighted by Crippen LogP contribution is 2.43. The van der Waals surface area contributed by atoms with Crippen molar-refractivity contribution in [1.82, 2.24) is 0 Å². The van der Waals surface area contributed by atoms with Gasteiger partial charge < -0.3 is 19.9 Å². The first-order chi connectivity index (χ1) is 16.3. The van der Waals surface area contributed by atoms with E-state index in [-0.39, 0.29) is 18.9 Å². The number of benzene rings is 3. The van der Waals surface area contributed by atoms with Crippen molar-refractivity contribution in [2.45, 2.75) is 18.9 Å². The van der Waals surface area contributed by atoms with Gasteiger partial charge in [-0.2, -0.15) is 0 Å². The molecule has 8 heteroatoms. The number of anilines is 2. The Morgan fingerprint density at radius 2 is 1.76 bits per heavy atom. The molecule has 3 aromatic rings. The molecule has 3 aromatic carbocycles. The number of amides is 2. The van der Waals surface area contributed by atoms with Crippen LogP contribution in [0, 0.1) is 6.92 Å². The molecular formula is C26H22N2O6. The maximum atomic E-state index is 13.4. The maximum Gasteiger partial charge on any atom is 0.264 e. The molecule has 2 heterocycles. The van der Waals surface area contributed by atoms with Gasteiger partial charge in [0.2, 0.25) is 12.7 Å². The summed E-state index contributed by atoms with van der Waals surface area (Å²) in [7, 11) is 0. The summed E-state index contributed by atoms with van der Waals surface area (Å²) in [5, 5.41) is 14.2. The van der Waals surface area contributed by atoms with E-state index in [1.54, 1.807) is 48.5 Å². The number of aliphatic hydroxyl groups is 1. The van der Waals surface area contributed by atoms with Crippen LogP contribution in [0.2, 0.25) is 0 Å². The summed E-state index contributed by atoms with van der Waals surface area (Å²) in [6.45, 7) is 1.71. The fourth-order valence-electron chi connectivity index (χ4n) is 4.22. The first-order valence-corrected chi connectivity index (χ1v) is 10.8. The van der Waals surface area contributed by atoms with Crippen LogP contribution in [-0.2, 0) is 15.2 Å². The summed E-state index contributed by atoms with van der Waals surface area (Å²) in [6, 6.07) is 18.6. The van der Waals surface area contributed by atoms with Crippen LogP contribution >= 0.6 is 0 Å². The van der Waals surface area contributed by atoms with Crippen molar-refractivity contribution in [1.29, 1.82) is 0 Å². The van der Waals surface area contributed by atoms with E-state index in [9.17, 15) is 19.5 Å². The summed E-state index contributed by atoms with van der Waals surface area (Å²) in [4.78, 5) is 40.3. The molecule has 1 unspecified atom stereocenters. The first-order valence-electron chi connectivity index (χ1n) is 10.8. The van der Waals surface area contributed by atoms with Gasteiger partial charge in [-0.15, -0.1) is 0 Å². The normalized spacial score (nSPS) is 18.1. The van der Waals surface area contributed by atoms with E-state index in [1.165, 1.54) is 11.0 Å². The second kappa shape index (κ2) is 8.31. The van der Waals surface area contributed by atoms with Gasteiger partial charge in [-0.1, -0.05) is 35.9 Å². The number of aryl methyl sites for hydroxylation is 1. The number of ether oxygens (including phenoxy) is 2. The molecule has 1 atom stereocenters. The van der Waals surface area contributed by atoms with E-state index < -0.39 is 29.6 Å². The topological polar surface area (TPSA) is 105 Å². The first kappa shape index (κ1) is 21.7. The maximum absolute atomic E-state index is 13.4. The fraction of sp³-hybridized carbons (Fsp3) is 0.192. The van der Waals surface area contributed by atoms with E-state index in [1.807, 2.05) is 19.1 Å². The number of fused-ring (bicyclic) bond motifs is 2. The van der Waals surface area contributed by atoms with Gasteiger partial charge in [-0.3, -0.25) is 19.3 Å². The van der Waals surface area contributed by atoms with Crippen LogP contribution in [0.5, 0.6) is 11.5 Å². The lowest BCUT2D eigenvalue weighted by Crippen LogP contribution is -2.44. The standard InChI is InChI=1S/C26H22N2O6/c1-16-6-9-18(10-7-16)27-24(30)14-28-20-5-3-2-4-19(20)26(32,25(28)31)13-21(29)17-8-11-22-23(12-17)34-15-33-22/h2-12,32H,13-15H2,1H3,(H,27,30). The van der Waals surface area contributed by atoms with Crippen LogP contribution < -0.4 is 19.7 Å². The van der Waals surface area contributed by atoms with Gasteiger partial charge in [0.15, 0.2) is 22.9 Å². The van der Waals surface area contributed by atoms with Gasteiger partial charge in [0, 0.05) is 16.8 Å². The average molecular weight is 458 g/mol. The second-order valence-corrected chi connectivity index (χ2v) is 8.35. The minimum absolute atomic E-state index is 0.0718. The van der Waals surface area contributed by atoms with Crippen LogP contribution in [-0.4, -0.2) is 36.0 Å². The Balaban J connectivity index is 1.38. The van der Waals surface area contributed by atoms with Crippen LogP contribution in [0.3, 0.4) is 0 Å². The molecule has 2 aliphatic heterocycles. The van der Waals surface area contributed by atoms with Gasteiger partial charge in [0.05, 0.1) is 12.1 Å². The van der Waals surface area contributed by atoms with E-state index in [0.717, 1.165) is 5.56 Å². The molecule has 0 fully saturated rings. The van der Waals surface area contributed by atoms with Crippen LogP contribution in [0.4, 0.5) is 11.4 Å². The zero-order valence-corrected chi connectivity index (χ0v) is 18.4. The number of ketones is 1. The van der Waals surface area contributed by atoms with E-state index in [0.29, 0.717) is 28.4 Å². The molecule has 2 amide bonds. The Morgan fingerprint density at radius 3 is 2.56 bits per heavy atom. The predicted molar refractivity (Wildman–Crippen MR) is 124 cm³/mol. The molecule has 0 spiro atoms. The molecular weight excluding hydrogens is 436 g/mol. The number of carbonyl (C=O) groups is 3. The van der Waals surface area contributed by atoms with Gasteiger partial charge in [0.25, 0.3) is 5.91 Å². The largest absolute Gasteiger partial charge is 0.454 e. The molecule has 0 aromatic heterocycles. The Morgan fingerprint density at radius 1 is 1.03 bits per heavy atom. The predicted octanol–water partition coefficient (Wildman–Crippen LogP) is 3.17. The van der Waals surface area contributed by atoms with Gasteiger partial charge >= 0.3 is 0 Å². The summed E-state index contributed by atoms with van der Waals surface area (Å²) < 4.78 is 10.6. The smallest absolute Gasteiger partial charge is 0.264 e. The van der Waals surface area contributed by atoms with Crippen LogP contribution in [0.15, 0.2) is 66.7 Å². The molecule has 0 bridgehead atoms. The summed E-state index contributed by atoms with van der Waals surface area (Å²) in [6.07, 6.45) is -0.474. The van der Waals surface area contributed by atoms with Crippen molar-refractivity contribution in [2.75, 3.05) is 23.6 Å². The molecule has 2 aliphatic rings. The number of Topliss-reactive ketones (excluding diaryl/α,β-unsaturated/α-hetero) is 1. The third kappa shape index (κ3) is 3.78. The van der Waals surface area contributed by atoms with Crippen molar-refractivity contribution in [3.8, 4) is 11.5 Å². The van der Waals surface area contributed by atoms with E-state index in [2.05, 4.69) is 5.32 Å². The molecule has 34 heavy (non-hydrogen) atoms. The molecule has 172 valence electrons. The van der Waals surface area contributed by atoms with Crippen LogP contribution in [0.1, 0.15) is 27.9 Å². The van der Waals surface area contributed by atoms with Gasteiger partial charge in [-0.25, -0.2) is 0 Å². The van der Waals surface area contributed by atoms with E-state index in [4.69, 9.17) is 9.47 Å². The van der Waals surface area contributed by atoms with Gasteiger partial charge in [0.1, 0.15) is 6.54 Å². The highest BCUT2D eigenvalue weighted by Gasteiger charge is 2.51. The molecule has 0 saturated heterocycles. The highest BCUT2D eigenvalue weighted by molar-refractivity contribution is 6.13. The number of hydrogen-bond acceptors (Lipinski definition) is 6. The van der Waals surface area contributed by atoms with Crippen molar-refractivity contribution in [3.63, 3.8) is 0 Å². The Bertz CT molecular complexity index is 1300. The summed E-state index contributed by atoms with van der Waals surface area (Å²) in [5.74, 6) is -0.608. The number of nitrogens with zero attached hydrogens (tertiary/aromatic N) is 1. The zero-order chi connectivity index (χ0) is 23.9. The molecule has 0 aliphatic carbocycles. The zero-order valence-electron chi connectivity index (χ0n) is 18.4.